The van der Waals surface area contributed by atoms with Crippen molar-refractivity contribution in [2.45, 2.75) is 45.8 Å². The van der Waals surface area contributed by atoms with Crippen LogP contribution in [0.3, 0.4) is 0 Å². The van der Waals surface area contributed by atoms with E-state index in [1.165, 1.54) is 11.3 Å². The molecule has 1 aromatic rings. The zero-order chi connectivity index (χ0) is 15.4. The molecule has 1 aliphatic rings. The second kappa shape index (κ2) is 6.76. The number of carbonyl (C=O) groups excluding carboxylic acids is 2. The molecule has 0 radical (unpaired) electrons. The molecule has 1 aliphatic heterocycles. The third kappa shape index (κ3) is 3.44. The van der Waals surface area contributed by atoms with Crippen molar-refractivity contribution < 1.29 is 14.3 Å². The molecule has 1 aromatic heterocycles. The van der Waals surface area contributed by atoms with E-state index in [9.17, 15) is 9.59 Å². The van der Waals surface area contributed by atoms with E-state index in [-0.39, 0.29) is 18.1 Å². The molecule has 1 unspecified atom stereocenters. The molecule has 0 saturated carbocycles. The monoisotopic (exact) mass is 308 g/mol. The molecule has 6 heteroatoms. The van der Waals surface area contributed by atoms with Crippen LogP contribution >= 0.6 is 11.3 Å². The Morgan fingerprint density at radius 1 is 1.43 bits per heavy atom. The van der Waals surface area contributed by atoms with E-state index in [1.54, 1.807) is 6.92 Å². The Morgan fingerprint density at radius 3 is 2.71 bits per heavy atom. The van der Waals surface area contributed by atoms with Gasteiger partial charge in [-0.1, -0.05) is 13.8 Å². The lowest BCUT2D eigenvalue weighted by Crippen LogP contribution is -2.45. The molecule has 0 saturated heterocycles. The van der Waals surface area contributed by atoms with Crippen LogP contribution in [0, 0.1) is 0 Å². The van der Waals surface area contributed by atoms with E-state index in [2.05, 4.69) is 10.6 Å². The van der Waals surface area contributed by atoms with Gasteiger partial charge in [0, 0.05) is 5.70 Å². The second-order valence-corrected chi connectivity index (χ2v) is 5.75. The lowest BCUT2D eigenvalue weighted by Gasteiger charge is -2.28. The fourth-order valence-corrected chi connectivity index (χ4v) is 3.01. The van der Waals surface area contributed by atoms with Crippen LogP contribution in [0.1, 0.15) is 45.2 Å². The number of hydrogen-bond acceptors (Lipinski definition) is 4. The number of thiophene rings is 1. The zero-order valence-electron chi connectivity index (χ0n) is 12.4. The smallest absolute Gasteiger partial charge is 0.338 e. The maximum absolute atomic E-state index is 12.5. The average Bonchev–Trinajstić information content (AvgIpc) is 2.97. The Balaban J connectivity index is 2.29. The van der Waals surface area contributed by atoms with Gasteiger partial charge < -0.3 is 15.4 Å². The summed E-state index contributed by atoms with van der Waals surface area (Å²) in [6.45, 7) is 5.70. The summed E-state index contributed by atoms with van der Waals surface area (Å²) < 4.78 is 5.54. The molecule has 0 aromatic carbocycles. The van der Waals surface area contributed by atoms with Gasteiger partial charge in [-0.3, -0.25) is 0 Å². The SMILES string of the molecule is CCC(CC)OC(=O)C1=C(C)NC(=O)NC1c1ccsc1. The molecule has 0 aliphatic carbocycles. The summed E-state index contributed by atoms with van der Waals surface area (Å²) in [6, 6.07) is 1.15. The number of carbonyl (C=O) groups is 2. The molecule has 0 spiro atoms. The largest absolute Gasteiger partial charge is 0.459 e. The van der Waals surface area contributed by atoms with Crippen LogP contribution in [0.15, 0.2) is 28.1 Å². The highest BCUT2D eigenvalue weighted by Gasteiger charge is 2.33. The number of hydrogen-bond donors (Lipinski definition) is 2. The fraction of sp³-hybridized carbons (Fsp3) is 0.467. The van der Waals surface area contributed by atoms with Gasteiger partial charge in [-0.05, 0) is 42.2 Å². The number of rotatable bonds is 5. The normalized spacial score (nSPS) is 18.5. The van der Waals surface area contributed by atoms with E-state index in [1.807, 2.05) is 30.7 Å². The van der Waals surface area contributed by atoms with E-state index >= 15 is 0 Å². The first-order valence-corrected chi connectivity index (χ1v) is 8.02. The van der Waals surface area contributed by atoms with Crippen LogP contribution in [0.4, 0.5) is 4.79 Å². The lowest BCUT2D eigenvalue weighted by atomic mass is 9.98. The lowest BCUT2D eigenvalue weighted by molar-refractivity contribution is -0.145. The number of urea groups is 1. The zero-order valence-corrected chi connectivity index (χ0v) is 13.3. The third-order valence-electron chi connectivity index (χ3n) is 3.55. The average molecular weight is 308 g/mol. The quantitative estimate of drug-likeness (QED) is 0.821. The number of allylic oxidation sites excluding steroid dienone is 1. The highest BCUT2D eigenvalue weighted by atomic mass is 32.1. The Labute approximate surface area is 128 Å². The van der Waals surface area contributed by atoms with Crippen molar-refractivity contribution >= 4 is 23.3 Å². The van der Waals surface area contributed by atoms with Crippen LogP contribution in [0.25, 0.3) is 0 Å². The number of ether oxygens (including phenoxy) is 1. The van der Waals surface area contributed by atoms with Gasteiger partial charge in [-0.15, -0.1) is 0 Å². The molecule has 5 nitrogen and oxygen atoms in total. The van der Waals surface area contributed by atoms with E-state index in [0.717, 1.165) is 18.4 Å². The summed E-state index contributed by atoms with van der Waals surface area (Å²) in [5, 5.41) is 9.27. The van der Waals surface area contributed by atoms with Crippen molar-refractivity contribution in [2.24, 2.45) is 0 Å². The van der Waals surface area contributed by atoms with E-state index in [0.29, 0.717) is 11.3 Å². The van der Waals surface area contributed by atoms with Crippen LogP contribution in [0.2, 0.25) is 0 Å². The van der Waals surface area contributed by atoms with Crippen molar-refractivity contribution in [3.63, 3.8) is 0 Å². The number of esters is 1. The molecule has 2 heterocycles. The van der Waals surface area contributed by atoms with Crippen LogP contribution in [0.5, 0.6) is 0 Å². The summed E-state index contributed by atoms with van der Waals surface area (Å²) in [6.07, 6.45) is 1.45. The Hall–Kier alpha value is -1.82. The topological polar surface area (TPSA) is 67.4 Å². The highest BCUT2D eigenvalue weighted by molar-refractivity contribution is 7.08. The van der Waals surface area contributed by atoms with E-state index in [4.69, 9.17) is 4.74 Å². The van der Waals surface area contributed by atoms with Crippen molar-refractivity contribution in [2.75, 3.05) is 0 Å². The molecule has 2 N–H and O–H groups in total. The van der Waals surface area contributed by atoms with Gasteiger partial charge >= 0.3 is 12.0 Å². The van der Waals surface area contributed by atoms with Crippen LogP contribution in [-0.4, -0.2) is 18.1 Å². The highest BCUT2D eigenvalue weighted by Crippen LogP contribution is 2.29. The maximum Gasteiger partial charge on any atom is 0.338 e. The van der Waals surface area contributed by atoms with Crippen LogP contribution in [-0.2, 0) is 9.53 Å². The molecular weight excluding hydrogens is 288 g/mol. The van der Waals surface area contributed by atoms with Gasteiger partial charge in [0.2, 0.25) is 0 Å². The first-order chi connectivity index (χ1) is 10.1. The summed E-state index contributed by atoms with van der Waals surface area (Å²) in [4.78, 5) is 24.2. The van der Waals surface area contributed by atoms with Gasteiger partial charge in [0.1, 0.15) is 6.10 Å². The molecule has 0 fully saturated rings. The number of amides is 2. The van der Waals surface area contributed by atoms with Crippen molar-refractivity contribution in [3.8, 4) is 0 Å². The molecule has 21 heavy (non-hydrogen) atoms. The molecule has 2 amide bonds. The first-order valence-electron chi connectivity index (χ1n) is 7.08. The standard InChI is InChI=1S/C15H20N2O3S/c1-4-11(5-2)20-14(18)12-9(3)16-15(19)17-13(12)10-6-7-21-8-10/h6-8,11,13H,4-5H2,1-3H3,(H2,16,17,19). The van der Waals surface area contributed by atoms with Gasteiger partial charge in [-0.2, -0.15) is 11.3 Å². The van der Waals surface area contributed by atoms with Gasteiger partial charge in [0.25, 0.3) is 0 Å². The van der Waals surface area contributed by atoms with Gasteiger partial charge in [0.05, 0.1) is 11.6 Å². The van der Waals surface area contributed by atoms with Gasteiger partial charge in [0.15, 0.2) is 0 Å². The van der Waals surface area contributed by atoms with Crippen molar-refractivity contribution in [1.29, 1.82) is 0 Å². The van der Waals surface area contributed by atoms with Crippen LogP contribution < -0.4 is 10.6 Å². The Kier molecular flexibility index (Phi) is 5.01. The van der Waals surface area contributed by atoms with Gasteiger partial charge in [-0.25, -0.2) is 9.59 Å². The Morgan fingerprint density at radius 2 is 2.14 bits per heavy atom. The molecule has 1 atom stereocenters. The number of nitrogens with one attached hydrogen (secondary N) is 2. The summed E-state index contributed by atoms with van der Waals surface area (Å²) in [7, 11) is 0. The van der Waals surface area contributed by atoms with E-state index < -0.39 is 6.04 Å². The first kappa shape index (κ1) is 15.6. The molecule has 2 rings (SSSR count). The predicted molar refractivity (Wildman–Crippen MR) is 81.9 cm³/mol. The molecular formula is C15H20N2O3S. The summed E-state index contributed by atoms with van der Waals surface area (Å²) >= 11 is 1.53. The fourth-order valence-electron chi connectivity index (χ4n) is 2.32. The molecule has 0 bridgehead atoms. The summed E-state index contributed by atoms with van der Waals surface area (Å²) in [5.74, 6) is -0.370. The minimum atomic E-state index is -0.452. The second-order valence-electron chi connectivity index (χ2n) is 4.97. The minimum Gasteiger partial charge on any atom is -0.459 e. The summed E-state index contributed by atoms with van der Waals surface area (Å²) in [5.41, 5.74) is 1.91. The Bertz CT molecular complexity index is 547. The maximum atomic E-state index is 12.5. The van der Waals surface area contributed by atoms with Crippen molar-refractivity contribution in [1.82, 2.24) is 10.6 Å². The molecule has 114 valence electrons. The van der Waals surface area contributed by atoms with Crippen molar-refractivity contribution in [3.05, 3.63) is 33.7 Å². The third-order valence-corrected chi connectivity index (χ3v) is 4.25. The minimum absolute atomic E-state index is 0.0986. The predicted octanol–water partition coefficient (Wildman–Crippen LogP) is 3.11.